The van der Waals surface area contributed by atoms with E-state index in [1.54, 1.807) is 24.9 Å². The molecule has 0 amide bonds. The number of aliphatic hydroxyl groups is 1. The minimum Gasteiger partial charge on any atom is -0.386 e. The molecule has 0 rings (SSSR count). The van der Waals surface area contributed by atoms with Crippen LogP contribution in [0, 0.1) is 0 Å². The minimum absolute atomic E-state index is 0.175. The van der Waals surface area contributed by atoms with Gasteiger partial charge in [-0.2, -0.15) is 0 Å². The second kappa shape index (κ2) is 5.49. The average Bonchev–Trinajstić information content (AvgIpc) is 1.85. The van der Waals surface area contributed by atoms with Gasteiger partial charge >= 0.3 is 0 Å². The van der Waals surface area contributed by atoms with E-state index in [9.17, 15) is 9.90 Å². The lowest BCUT2D eigenvalue weighted by atomic mass is 9.99. The predicted molar refractivity (Wildman–Crippen MR) is 53.2 cm³/mol. The molecule has 12 heavy (non-hydrogen) atoms. The van der Waals surface area contributed by atoms with Crippen LogP contribution in [0.25, 0.3) is 0 Å². The zero-order valence-electron chi connectivity index (χ0n) is 7.51. The van der Waals surface area contributed by atoms with Crippen LogP contribution in [0.15, 0.2) is 11.1 Å². The van der Waals surface area contributed by atoms with Gasteiger partial charge in [-0.05, 0) is 37.8 Å². The van der Waals surface area contributed by atoms with Crippen molar-refractivity contribution in [1.82, 2.24) is 0 Å². The van der Waals surface area contributed by atoms with Gasteiger partial charge < -0.3 is 9.90 Å². The average molecular weight is 235 g/mol. The Kier molecular flexibility index (Phi) is 5.42. The third-order valence-electron chi connectivity index (χ3n) is 1.63. The molecule has 0 aromatic heterocycles. The quantitative estimate of drug-likeness (QED) is 0.794. The molecule has 0 saturated heterocycles. The maximum atomic E-state index is 10.6. The summed E-state index contributed by atoms with van der Waals surface area (Å²) in [6, 6.07) is 0. The second-order valence-corrected chi connectivity index (χ2v) is 3.73. The van der Waals surface area contributed by atoms with E-state index in [1.165, 1.54) is 0 Å². The number of hydrogen-bond acceptors (Lipinski definition) is 2. The summed E-state index contributed by atoms with van der Waals surface area (Å²) in [7, 11) is 0. The van der Waals surface area contributed by atoms with Crippen molar-refractivity contribution in [2.24, 2.45) is 0 Å². The highest BCUT2D eigenvalue weighted by atomic mass is 79.9. The fourth-order valence-electron chi connectivity index (χ4n) is 0.914. The minimum atomic E-state index is -0.793. The number of carbonyl (C=O) groups is 1. The molecule has 0 aliphatic rings. The molecule has 0 aliphatic carbocycles. The Labute approximate surface area is 81.8 Å². The van der Waals surface area contributed by atoms with Crippen molar-refractivity contribution >= 4 is 21.7 Å². The van der Waals surface area contributed by atoms with E-state index >= 15 is 0 Å². The summed E-state index contributed by atoms with van der Waals surface area (Å²) in [5.74, 6) is 0.175. The van der Waals surface area contributed by atoms with E-state index in [4.69, 9.17) is 0 Å². The molecule has 1 N–H and O–H groups in total. The first-order valence-electron chi connectivity index (χ1n) is 3.98. The van der Waals surface area contributed by atoms with Crippen molar-refractivity contribution in [2.75, 3.05) is 0 Å². The van der Waals surface area contributed by atoms with Gasteiger partial charge in [-0.15, -0.1) is 0 Å². The summed E-state index contributed by atoms with van der Waals surface area (Å²) in [5.41, 5.74) is -0.793. The fraction of sp³-hybridized carbons (Fsp3) is 0.667. The first-order valence-corrected chi connectivity index (χ1v) is 4.89. The number of carbonyl (C=O) groups excluding carboxylic acids is 1. The van der Waals surface area contributed by atoms with Gasteiger partial charge in [0.25, 0.3) is 0 Å². The van der Waals surface area contributed by atoms with Crippen LogP contribution in [0.1, 0.15) is 33.1 Å². The third kappa shape index (κ3) is 6.55. The van der Waals surface area contributed by atoms with E-state index in [1.807, 2.05) is 0 Å². The van der Waals surface area contributed by atoms with Gasteiger partial charge in [-0.1, -0.05) is 15.9 Å². The normalized spacial score (nSPS) is 16.3. The molecule has 2 nitrogen and oxygen atoms in total. The lowest BCUT2D eigenvalue weighted by Crippen LogP contribution is -2.20. The summed E-state index contributed by atoms with van der Waals surface area (Å²) in [5, 5.41) is 9.60. The molecular formula is C9H15BrO2. The number of ketones is 1. The first kappa shape index (κ1) is 11.8. The summed E-state index contributed by atoms with van der Waals surface area (Å²) in [4.78, 5) is 12.2. The smallest absolute Gasteiger partial charge is 0.129 e. The van der Waals surface area contributed by atoms with Crippen LogP contribution in [0.3, 0.4) is 0 Å². The zero-order valence-corrected chi connectivity index (χ0v) is 9.10. The Morgan fingerprint density at radius 2 is 2.25 bits per heavy atom. The molecule has 3 heteroatoms. The highest BCUT2D eigenvalue weighted by Gasteiger charge is 2.15. The maximum absolute atomic E-state index is 10.6. The molecule has 0 aromatic carbocycles. The lowest BCUT2D eigenvalue weighted by molar-refractivity contribution is -0.117. The molecule has 0 bridgehead atoms. The van der Waals surface area contributed by atoms with Crippen LogP contribution in [0.5, 0.6) is 0 Å². The Morgan fingerprint density at radius 3 is 2.67 bits per heavy atom. The highest BCUT2D eigenvalue weighted by molar-refractivity contribution is 9.11. The summed E-state index contributed by atoms with van der Waals surface area (Å²) < 4.78 is 0. The van der Waals surface area contributed by atoms with Crippen LogP contribution in [-0.2, 0) is 4.79 Å². The van der Waals surface area contributed by atoms with E-state index in [0.717, 1.165) is 6.42 Å². The molecule has 0 saturated carbocycles. The molecular weight excluding hydrogens is 220 g/mol. The van der Waals surface area contributed by atoms with Crippen LogP contribution in [0.2, 0.25) is 0 Å². The molecule has 1 unspecified atom stereocenters. The van der Waals surface area contributed by atoms with E-state index < -0.39 is 5.60 Å². The Morgan fingerprint density at radius 1 is 1.67 bits per heavy atom. The van der Waals surface area contributed by atoms with Gasteiger partial charge in [0.05, 0.1) is 5.60 Å². The van der Waals surface area contributed by atoms with E-state index in [0.29, 0.717) is 12.8 Å². The molecule has 70 valence electrons. The second-order valence-electron chi connectivity index (χ2n) is 3.21. The van der Waals surface area contributed by atoms with Crippen LogP contribution < -0.4 is 0 Å². The highest BCUT2D eigenvalue weighted by Crippen LogP contribution is 2.15. The molecule has 0 aromatic rings. The Hall–Kier alpha value is -0.150. The molecule has 0 fully saturated rings. The Bertz CT molecular complexity index is 173. The van der Waals surface area contributed by atoms with E-state index in [2.05, 4.69) is 15.9 Å². The van der Waals surface area contributed by atoms with Crippen molar-refractivity contribution in [3.05, 3.63) is 11.1 Å². The molecule has 0 aliphatic heterocycles. The van der Waals surface area contributed by atoms with Gasteiger partial charge in [0.1, 0.15) is 5.78 Å². The fourth-order valence-corrected chi connectivity index (χ4v) is 1.48. The number of halogens is 1. The van der Waals surface area contributed by atoms with Crippen molar-refractivity contribution in [3.8, 4) is 0 Å². The van der Waals surface area contributed by atoms with Gasteiger partial charge in [-0.3, -0.25) is 0 Å². The van der Waals surface area contributed by atoms with Crippen LogP contribution in [-0.4, -0.2) is 16.5 Å². The lowest BCUT2D eigenvalue weighted by Gasteiger charge is -2.17. The monoisotopic (exact) mass is 234 g/mol. The van der Waals surface area contributed by atoms with Crippen molar-refractivity contribution in [2.45, 2.75) is 38.7 Å². The van der Waals surface area contributed by atoms with Crippen LogP contribution in [0.4, 0.5) is 0 Å². The standard InChI is InChI=1S/C9H15BrO2/c1-8(11)4-3-5-9(2,12)6-7-10/h6-7,12H,3-5H2,1-2H3/b7-6+. The number of Topliss-reactive ketones (excluding diaryl/α,β-unsaturated/α-hetero) is 1. The molecule has 0 spiro atoms. The predicted octanol–water partition coefficient (Wildman–Crippen LogP) is 2.41. The number of hydrogen-bond donors (Lipinski definition) is 1. The molecule has 0 heterocycles. The summed E-state index contributed by atoms with van der Waals surface area (Å²) in [6.45, 7) is 3.29. The summed E-state index contributed by atoms with van der Waals surface area (Å²) in [6.07, 6.45) is 3.58. The Balaban J connectivity index is 3.68. The SMILES string of the molecule is CC(=O)CCCC(C)(O)/C=C/Br. The third-order valence-corrected chi connectivity index (χ3v) is 1.90. The molecule has 1 atom stereocenters. The molecule has 0 radical (unpaired) electrons. The largest absolute Gasteiger partial charge is 0.386 e. The number of rotatable bonds is 5. The maximum Gasteiger partial charge on any atom is 0.129 e. The topological polar surface area (TPSA) is 37.3 Å². The van der Waals surface area contributed by atoms with Crippen molar-refractivity contribution in [1.29, 1.82) is 0 Å². The van der Waals surface area contributed by atoms with Gasteiger partial charge in [0.2, 0.25) is 0 Å². The van der Waals surface area contributed by atoms with Crippen LogP contribution >= 0.6 is 15.9 Å². The van der Waals surface area contributed by atoms with Gasteiger partial charge in [0, 0.05) is 6.42 Å². The van der Waals surface area contributed by atoms with Crippen molar-refractivity contribution < 1.29 is 9.90 Å². The van der Waals surface area contributed by atoms with Crippen molar-refractivity contribution in [3.63, 3.8) is 0 Å². The van der Waals surface area contributed by atoms with Gasteiger partial charge in [-0.25, -0.2) is 0 Å². The van der Waals surface area contributed by atoms with E-state index in [-0.39, 0.29) is 5.78 Å². The first-order chi connectivity index (χ1) is 5.48. The zero-order chi connectivity index (χ0) is 9.61. The van der Waals surface area contributed by atoms with Gasteiger partial charge in [0.15, 0.2) is 0 Å². The summed E-state index contributed by atoms with van der Waals surface area (Å²) >= 11 is 3.10.